The van der Waals surface area contributed by atoms with Gasteiger partial charge in [0.25, 0.3) is 5.92 Å². The van der Waals surface area contributed by atoms with Crippen molar-refractivity contribution in [3.8, 4) is 0 Å². The third-order valence-corrected chi connectivity index (χ3v) is 11.8. The minimum absolute atomic E-state index is 0.0532. The Balaban J connectivity index is 1.05. The van der Waals surface area contributed by atoms with E-state index in [1.165, 1.54) is 39.8 Å². The normalized spacial score (nSPS) is 22.3. The molecule has 53 heavy (non-hydrogen) atoms. The van der Waals surface area contributed by atoms with E-state index < -0.39 is 39.6 Å². The molecule has 14 nitrogen and oxygen atoms in total. The maximum Gasteiger partial charge on any atom is 0.407 e. The number of amides is 2. The van der Waals surface area contributed by atoms with Crippen molar-refractivity contribution in [1.29, 1.82) is 0 Å². The number of sulfonamides is 1. The molecule has 3 aromatic rings. The van der Waals surface area contributed by atoms with Crippen molar-refractivity contribution in [3.63, 3.8) is 0 Å². The van der Waals surface area contributed by atoms with Gasteiger partial charge in [-0.3, -0.25) is 9.36 Å². The third-order valence-electron chi connectivity index (χ3n) is 9.65. The molecule has 0 radical (unpaired) electrons. The Morgan fingerprint density at radius 2 is 1.74 bits per heavy atom. The highest BCUT2D eigenvalue weighted by molar-refractivity contribution is 7.89. The van der Waals surface area contributed by atoms with Crippen molar-refractivity contribution < 1.29 is 31.5 Å². The second kappa shape index (κ2) is 15.2. The van der Waals surface area contributed by atoms with Gasteiger partial charge in [-0.15, -0.1) is 0 Å². The monoisotopic (exact) mass is 775 g/mol. The molecule has 3 fully saturated rings. The van der Waals surface area contributed by atoms with E-state index in [9.17, 15) is 18.0 Å². The number of benzene rings is 1. The molecule has 0 spiro atoms. The first kappa shape index (κ1) is 38.4. The average Bonchev–Trinajstić information content (AvgIpc) is 3.78. The molecule has 2 aliphatic heterocycles. The lowest BCUT2D eigenvalue weighted by atomic mass is 9.80. The van der Waals surface area contributed by atoms with Crippen LogP contribution < -0.4 is 20.9 Å². The molecule has 1 saturated carbocycles. The molecule has 18 heteroatoms. The average molecular weight is 776 g/mol. The quantitative estimate of drug-likeness (QED) is 0.189. The number of nitrogens with one attached hydrogen (secondary N) is 1. The molecule has 2 saturated heterocycles. The van der Waals surface area contributed by atoms with Crippen LogP contribution in [0.2, 0.25) is 5.15 Å². The Kier molecular flexibility index (Phi) is 11.0. The number of aromatic nitrogens is 3. The number of aliphatic imine (C=N–C) groups is 1. The van der Waals surface area contributed by atoms with Crippen molar-refractivity contribution in [2.75, 3.05) is 42.5 Å². The Labute approximate surface area is 312 Å². The molecule has 2 amide bonds. The number of alkyl carbamates (subject to hydrolysis) is 1. The fourth-order valence-corrected chi connectivity index (χ4v) is 8.55. The number of rotatable bonds is 8. The Bertz CT molecular complexity index is 1930. The smallest absolute Gasteiger partial charge is 0.407 e. The van der Waals surface area contributed by atoms with E-state index in [2.05, 4.69) is 20.3 Å². The molecule has 286 valence electrons. The molecule has 4 heterocycles. The number of carbonyl (C=O) groups excluding carboxylic acids is 2. The van der Waals surface area contributed by atoms with Crippen LogP contribution in [-0.2, 0) is 25.5 Å². The largest absolute Gasteiger partial charge is 0.444 e. The number of pyridine rings is 1. The molecule has 1 aliphatic carbocycles. The maximum atomic E-state index is 16.0. The van der Waals surface area contributed by atoms with Crippen LogP contribution in [0.25, 0.3) is 0 Å². The SMILES string of the molecule is CC(C)(C)OC(=O)N[C@@H]1CC(=O)N(c2ccc(S(=O)(=O)N3CCN(c4cc(C(F)(F)C5CCC(N=C(N)n6ccnc6)CC5)cc(Cl)n4)CC3)cc2)C1. The first-order valence-corrected chi connectivity index (χ1v) is 19.3. The van der Waals surface area contributed by atoms with E-state index in [1.807, 2.05) is 0 Å². The number of alkyl halides is 2. The number of anilines is 2. The van der Waals surface area contributed by atoms with Gasteiger partial charge in [0.2, 0.25) is 21.9 Å². The first-order chi connectivity index (χ1) is 25.0. The van der Waals surface area contributed by atoms with Crippen molar-refractivity contribution in [2.24, 2.45) is 16.6 Å². The third kappa shape index (κ3) is 8.90. The van der Waals surface area contributed by atoms with Gasteiger partial charge in [-0.05, 0) is 82.9 Å². The molecule has 1 atom stereocenters. The summed E-state index contributed by atoms with van der Waals surface area (Å²) in [5.41, 5.74) is 5.64. The summed E-state index contributed by atoms with van der Waals surface area (Å²) in [6.45, 7) is 6.08. The summed E-state index contributed by atoms with van der Waals surface area (Å²) in [7, 11) is -3.90. The van der Waals surface area contributed by atoms with Gasteiger partial charge in [-0.1, -0.05) is 11.6 Å². The predicted octanol–water partition coefficient (Wildman–Crippen LogP) is 4.59. The molecule has 6 rings (SSSR count). The molecular weight excluding hydrogens is 732 g/mol. The van der Waals surface area contributed by atoms with Gasteiger partial charge in [0.05, 0.1) is 17.0 Å². The highest BCUT2D eigenvalue weighted by Gasteiger charge is 2.44. The lowest BCUT2D eigenvalue weighted by Crippen LogP contribution is -2.49. The Morgan fingerprint density at radius 1 is 1.06 bits per heavy atom. The van der Waals surface area contributed by atoms with E-state index in [0.717, 1.165) is 0 Å². The van der Waals surface area contributed by atoms with E-state index >= 15 is 8.78 Å². The van der Waals surface area contributed by atoms with Crippen molar-refractivity contribution in [3.05, 3.63) is 65.8 Å². The number of ether oxygens (including phenoxy) is 1. The number of halogens is 3. The fraction of sp³-hybridized carbons (Fsp3) is 0.514. The zero-order valence-electron chi connectivity index (χ0n) is 29.8. The highest BCUT2D eigenvalue weighted by atomic mass is 35.5. The summed E-state index contributed by atoms with van der Waals surface area (Å²) in [4.78, 5) is 41.0. The summed E-state index contributed by atoms with van der Waals surface area (Å²) in [6.07, 6.45) is 5.70. The summed E-state index contributed by atoms with van der Waals surface area (Å²) in [5, 5.41) is 2.64. The molecule has 0 bridgehead atoms. The zero-order chi connectivity index (χ0) is 38.1. The Hall–Kier alpha value is -4.35. The second-order valence-electron chi connectivity index (χ2n) is 14.6. The molecular formula is C35H44ClF2N9O5S. The van der Waals surface area contributed by atoms with E-state index in [0.29, 0.717) is 18.5 Å². The second-order valence-corrected chi connectivity index (χ2v) is 16.9. The summed E-state index contributed by atoms with van der Waals surface area (Å²) in [6, 6.07) is 7.95. The van der Waals surface area contributed by atoms with Crippen LogP contribution in [0.3, 0.4) is 0 Å². The van der Waals surface area contributed by atoms with E-state index in [4.69, 9.17) is 22.1 Å². The van der Waals surface area contributed by atoms with Crippen LogP contribution in [0, 0.1) is 5.92 Å². The first-order valence-electron chi connectivity index (χ1n) is 17.5. The van der Waals surface area contributed by atoms with Gasteiger partial charge in [0, 0.05) is 68.7 Å². The number of nitrogens with zero attached hydrogens (tertiary/aromatic N) is 7. The summed E-state index contributed by atoms with van der Waals surface area (Å²) < 4.78 is 67.3. The molecule has 3 aliphatic rings. The van der Waals surface area contributed by atoms with Gasteiger partial charge in [0.15, 0.2) is 0 Å². The lowest BCUT2D eigenvalue weighted by molar-refractivity contribution is -0.117. The number of carbonyl (C=O) groups is 2. The van der Waals surface area contributed by atoms with Gasteiger partial charge in [-0.2, -0.15) is 4.31 Å². The van der Waals surface area contributed by atoms with Gasteiger partial charge >= 0.3 is 6.09 Å². The molecule has 2 aromatic heterocycles. The van der Waals surface area contributed by atoms with Gasteiger partial charge in [0.1, 0.15) is 22.9 Å². The van der Waals surface area contributed by atoms with Crippen LogP contribution in [0.15, 0.2) is 65.0 Å². The maximum absolute atomic E-state index is 16.0. The summed E-state index contributed by atoms with van der Waals surface area (Å²) >= 11 is 6.28. The van der Waals surface area contributed by atoms with Crippen molar-refractivity contribution in [2.45, 2.75) is 81.4 Å². The summed E-state index contributed by atoms with van der Waals surface area (Å²) in [5.74, 6) is -3.76. The number of hydrogen-bond acceptors (Lipinski definition) is 9. The van der Waals surface area contributed by atoms with E-state index in [-0.39, 0.29) is 91.3 Å². The number of imidazole rings is 1. The van der Waals surface area contributed by atoms with Crippen molar-refractivity contribution >= 4 is 51.1 Å². The van der Waals surface area contributed by atoms with Crippen LogP contribution in [0.1, 0.15) is 58.4 Å². The lowest BCUT2D eigenvalue weighted by Gasteiger charge is -2.36. The number of nitrogens with two attached hydrogens (primary N) is 1. The van der Waals surface area contributed by atoms with Crippen molar-refractivity contribution in [1.82, 2.24) is 24.2 Å². The number of piperazine rings is 1. The van der Waals surface area contributed by atoms with Crippen LogP contribution in [0.4, 0.5) is 25.1 Å². The van der Waals surface area contributed by atoms with Crippen LogP contribution in [0.5, 0.6) is 0 Å². The molecule has 1 aromatic carbocycles. The van der Waals surface area contributed by atoms with Gasteiger partial charge in [-0.25, -0.2) is 37.0 Å². The predicted molar refractivity (Wildman–Crippen MR) is 196 cm³/mol. The van der Waals surface area contributed by atoms with E-state index in [1.54, 1.807) is 54.8 Å². The molecule has 0 unspecified atom stereocenters. The van der Waals surface area contributed by atoms with Crippen LogP contribution >= 0.6 is 11.6 Å². The van der Waals surface area contributed by atoms with Gasteiger partial charge < -0.3 is 25.6 Å². The molecule has 3 N–H and O–H groups in total. The fourth-order valence-electron chi connectivity index (χ4n) is 6.92. The number of hydrogen-bond donors (Lipinski definition) is 2. The minimum Gasteiger partial charge on any atom is -0.444 e. The standard InChI is InChI=1S/C35H44ClF2N9O5S/c1-34(2,3)52-33(49)42-26-20-31(48)47(21-26)27-8-10-28(11-9-27)53(50,51)46-16-14-44(15-17-46)30-19-24(18-29(36)43-30)35(37,38)23-4-6-25(7-5-23)41-32(39)45-13-12-40-22-45/h8-13,18-19,22-23,25-26H,4-7,14-17,20-21H2,1-3H3,(H2,39,41)(H,42,49)/t23?,25?,26-/m1/s1. The Morgan fingerprint density at radius 3 is 2.36 bits per heavy atom. The minimum atomic E-state index is -3.90. The zero-order valence-corrected chi connectivity index (χ0v) is 31.4. The van der Waals surface area contributed by atoms with Crippen LogP contribution in [-0.4, -0.2) is 95.6 Å². The topological polar surface area (TPSA) is 168 Å². The highest BCUT2D eigenvalue weighted by Crippen LogP contribution is 2.45.